The van der Waals surface area contributed by atoms with E-state index in [2.05, 4.69) is 4.98 Å². The van der Waals surface area contributed by atoms with Gasteiger partial charge in [-0.2, -0.15) is 0 Å². The van der Waals surface area contributed by atoms with Crippen molar-refractivity contribution in [1.29, 1.82) is 0 Å². The van der Waals surface area contributed by atoms with Crippen molar-refractivity contribution in [3.8, 4) is 22.6 Å². The van der Waals surface area contributed by atoms with E-state index in [-0.39, 0.29) is 18.1 Å². The van der Waals surface area contributed by atoms with E-state index >= 15 is 0 Å². The standard InChI is InChI=1S/C21H20N2O5/c1-13-10-18(14(2)22-13)20(24)12-28-21-9-6-16(23(25)26)11-19(21)15-4-7-17(27-3)8-5-15/h4-11,22H,12H2,1-3H3. The summed E-state index contributed by atoms with van der Waals surface area (Å²) in [7, 11) is 1.56. The number of benzene rings is 2. The van der Waals surface area contributed by atoms with E-state index < -0.39 is 4.92 Å². The minimum absolute atomic E-state index is 0.0541. The molecule has 0 spiro atoms. The molecule has 0 bridgehead atoms. The number of aromatic nitrogens is 1. The van der Waals surface area contributed by atoms with Crippen LogP contribution >= 0.6 is 0 Å². The van der Waals surface area contributed by atoms with Crippen molar-refractivity contribution >= 4 is 11.5 Å². The molecule has 144 valence electrons. The molecule has 0 radical (unpaired) electrons. The van der Waals surface area contributed by atoms with Crippen molar-refractivity contribution < 1.29 is 19.2 Å². The summed E-state index contributed by atoms with van der Waals surface area (Å²) in [6.45, 7) is 3.54. The molecule has 3 rings (SSSR count). The van der Waals surface area contributed by atoms with Gasteiger partial charge in [0, 0.05) is 34.6 Å². The van der Waals surface area contributed by atoms with Crippen LogP contribution in [-0.4, -0.2) is 29.4 Å². The van der Waals surface area contributed by atoms with Crippen LogP contribution < -0.4 is 9.47 Å². The second-order valence-electron chi connectivity index (χ2n) is 6.37. The third-order valence-corrected chi connectivity index (χ3v) is 4.38. The predicted octanol–water partition coefficient (Wildman–Crippen LogP) is 4.48. The fourth-order valence-electron chi connectivity index (χ4n) is 2.99. The van der Waals surface area contributed by atoms with Gasteiger partial charge in [0.15, 0.2) is 6.61 Å². The summed E-state index contributed by atoms with van der Waals surface area (Å²) in [5.41, 5.74) is 3.46. The van der Waals surface area contributed by atoms with E-state index in [1.165, 1.54) is 18.2 Å². The molecule has 0 unspecified atom stereocenters. The molecular formula is C21H20N2O5. The van der Waals surface area contributed by atoms with E-state index in [4.69, 9.17) is 9.47 Å². The van der Waals surface area contributed by atoms with E-state index in [9.17, 15) is 14.9 Å². The Kier molecular flexibility index (Phi) is 5.44. The lowest BCUT2D eigenvalue weighted by Crippen LogP contribution is -2.12. The first kappa shape index (κ1) is 19.2. The highest BCUT2D eigenvalue weighted by molar-refractivity contribution is 5.98. The number of nitrogens with one attached hydrogen (secondary N) is 1. The number of hydrogen-bond donors (Lipinski definition) is 1. The molecule has 0 saturated carbocycles. The maximum Gasteiger partial charge on any atom is 0.270 e. The summed E-state index contributed by atoms with van der Waals surface area (Å²) < 4.78 is 10.9. The summed E-state index contributed by atoms with van der Waals surface area (Å²) in [5, 5.41) is 11.2. The van der Waals surface area contributed by atoms with Crippen LogP contribution in [0.4, 0.5) is 5.69 Å². The normalized spacial score (nSPS) is 10.5. The van der Waals surface area contributed by atoms with Gasteiger partial charge >= 0.3 is 0 Å². The zero-order valence-electron chi connectivity index (χ0n) is 15.8. The van der Waals surface area contributed by atoms with Crippen LogP contribution in [0.15, 0.2) is 48.5 Å². The molecule has 0 atom stereocenters. The first-order chi connectivity index (χ1) is 13.4. The van der Waals surface area contributed by atoms with Gasteiger partial charge in [0.1, 0.15) is 11.5 Å². The minimum Gasteiger partial charge on any atom is -0.497 e. The Morgan fingerprint density at radius 1 is 1.11 bits per heavy atom. The molecule has 0 saturated heterocycles. The third-order valence-electron chi connectivity index (χ3n) is 4.38. The van der Waals surface area contributed by atoms with Crippen molar-refractivity contribution in [3.63, 3.8) is 0 Å². The number of carbonyl (C=O) groups excluding carboxylic acids is 1. The number of Topliss-reactive ketones (excluding diaryl/α,β-unsaturated/α-hetero) is 1. The lowest BCUT2D eigenvalue weighted by Gasteiger charge is -2.12. The molecule has 3 aromatic rings. The van der Waals surface area contributed by atoms with Gasteiger partial charge in [-0.25, -0.2) is 0 Å². The molecular weight excluding hydrogens is 360 g/mol. The molecule has 0 aliphatic rings. The minimum atomic E-state index is -0.464. The quantitative estimate of drug-likeness (QED) is 0.370. The number of rotatable bonds is 7. The Morgan fingerprint density at radius 2 is 1.82 bits per heavy atom. The molecule has 0 fully saturated rings. The lowest BCUT2D eigenvalue weighted by molar-refractivity contribution is -0.384. The van der Waals surface area contributed by atoms with Gasteiger partial charge in [0.05, 0.1) is 12.0 Å². The van der Waals surface area contributed by atoms with E-state index in [1.54, 1.807) is 37.4 Å². The van der Waals surface area contributed by atoms with Crippen LogP contribution in [0, 0.1) is 24.0 Å². The largest absolute Gasteiger partial charge is 0.497 e. The Balaban J connectivity index is 1.90. The van der Waals surface area contributed by atoms with Crippen molar-refractivity contribution in [3.05, 3.63) is 75.6 Å². The number of hydrogen-bond acceptors (Lipinski definition) is 5. The highest BCUT2D eigenvalue weighted by Crippen LogP contribution is 2.34. The van der Waals surface area contributed by atoms with Crippen LogP contribution in [0.5, 0.6) is 11.5 Å². The van der Waals surface area contributed by atoms with Crippen LogP contribution in [0.3, 0.4) is 0 Å². The number of non-ortho nitro benzene ring substituents is 1. The number of nitro benzene ring substituents is 1. The van der Waals surface area contributed by atoms with Crippen LogP contribution in [0.2, 0.25) is 0 Å². The zero-order valence-corrected chi connectivity index (χ0v) is 15.8. The van der Waals surface area contributed by atoms with Gasteiger partial charge in [-0.1, -0.05) is 12.1 Å². The molecule has 7 nitrogen and oxygen atoms in total. The second-order valence-corrected chi connectivity index (χ2v) is 6.37. The summed E-state index contributed by atoms with van der Waals surface area (Å²) in [5.74, 6) is 0.903. The fraction of sp³-hybridized carbons (Fsp3) is 0.190. The van der Waals surface area contributed by atoms with E-state index in [0.717, 1.165) is 17.0 Å². The van der Waals surface area contributed by atoms with Gasteiger partial charge in [0.2, 0.25) is 5.78 Å². The van der Waals surface area contributed by atoms with Crippen molar-refractivity contribution in [2.24, 2.45) is 0 Å². The predicted molar refractivity (Wildman–Crippen MR) is 105 cm³/mol. The molecule has 1 aromatic heterocycles. The summed E-state index contributed by atoms with van der Waals surface area (Å²) in [4.78, 5) is 26.3. The topological polar surface area (TPSA) is 94.5 Å². The number of ether oxygens (including phenoxy) is 2. The average molecular weight is 380 g/mol. The van der Waals surface area contributed by atoms with Crippen molar-refractivity contribution in [1.82, 2.24) is 4.98 Å². The van der Waals surface area contributed by atoms with Crippen LogP contribution in [0.1, 0.15) is 21.7 Å². The third kappa shape index (κ3) is 4.03. The highest BCUT2D eigenvalue weighted by Gasteiger charge is 2.17. The number of H-pyrrole nitrogens is 1. The number of ketones is 1. The smallest absolute Gasteiger partial charge is 0.270 e. The number of nitrogens with zero attached hydrogens (tertiary/aromatic N) is 1. The van der Waals surface area contributed by atoms with Gasteiger partial charge in [-0.15, -0.1) is 0 Å². The monoisotopic (exact) mass is 380 g/mol. The van der Waals surface area contributed by atoms with Crippen molar-refractivity contribution in [2.45, 2.75) is 13.8 Å². The SMILES string of the molecule is COc1ccc(-c2cc([N+](=O)[O-])ccc2OCC(=O)c2cc(C)[nH]c2C)cc1. The molecule has 7 heteroatoms. The summed E-state index contributed by atoms with van der Waals surface area (Å²) >= 11 is 0. The number of aromatic amines is 1. The van der Waals surface area contributed by atoms with Crippen molar-refractivity contribution in [2.75, 3.05) is 13.7 Å². The molecule has 1 N–H and O–H groups in total. The van der Waals surface area contributed by atoms with Gasteiger partial charge < -0.3 is 14.5 Å². The maximum atomic E-state index is 12.5. The number of nitro groups is 1. The van der Waals surface area contributed by atoms with E-state index in [1.807, 2.05) is 13.8 Å². The van der Waals surface area contributed by atoms with E-state index in [0.29, 0.717) is 22.6 Å². The van der Waals surface area contributed by atoms with Crippen LogP contribution in [0.25, 0.3) is 11.1 Å². The fourth-order valence-corrected chi connectivity index (χ4v) is 2.99. The Labute approximate surface area is 162 Å². The summed E-state index contributed by atoms with van der Waals surface area (Å²) in [6.07, 6.45) is 0. The first-order valence-electron chi connectivity index (χ1n) is 8.64. The Bertz CT molecular complexity index is 1020. The molecule has 0 aliphatic carbocycles. The number of methoxy groups -OCH3 is 1. The van der Waals surface area contributed by atoms with Gasteiger partial charge in [-0.05, 0) is 43.7 Å². The molecule has 1 heterocycles. The highest BCUT2D eigenvalue weighted by atomic mass is 16.6. The lowest BCUT2D eigenvalue weighted by atomic mass is 10.0. The zero-order chi connectivity index (χ0) is 20.3. The molecule has 0 aliphatic heterocycles. The molecule has 0 amide bonds. The Hall–Kier alpha value is -3.61. The van der Waals surface area contributed by atoms with Crippen LogP contribution in [-0.2, 0) is 0 Å². The second kappa shape index (κ2) is 7.96. The molecule has 28 heavy (non-hydrogen) atoms. The number of carbonyl (C=O) groups is 1. The van der Waals surface area contributed by atoms with Gasteiger partial charge in [-0.3, -0.25) is 14.9 Å². The summed E-state index contributed by atoms with van der Waals surface area (Å²) in [6, 6.07) is 13.2. The molecule has 2 aromatic carbocycles. The Morgan fingerprint density at radius 3 is 2.39 bits per heavy atom. The first-order valence-corrected chi connectivity index (χ1v) is 8.64. The average Bonchev–Trinajstić information content (AvgIpc) is 3.04. The van der Waals surface area contributed by atoms with Gasteiger partial charge in [0.25, 0.3) is 5.69 Å². The maximum absolute atomic E-state index is 12.5. The number of aryl methyl sites for hydroxylation is 2.